The summed E-state index contributed by atoms with van der Waals surface area (Å²) in [5, 5.41) is 0. The van der Waals surface area contributed by atoms with Crippen molar-refractivity contribution in [3.8, 4) is 23.0 Å². The standard InChI is InChI=1S/C38H29BN2O.C36H25BN2O/c1-26-16-19-30(20-17-26)41-34-23-18-27(2)24-33(34)39-32-22-21-31(25-37(32)42-36-15-9-14-35(41)38(36)39)40(28-10-5-3-6-11-28)29-12-7-4-8-13-29;1-4-13-26(14-5-1)38(27-15-6-2-7-16-27)29-23-24-31-35(25-29)40-34-22-12-21-33-36(34)37(31)30-19-10-11-20-32(30)39(33)28-17-8-3-9-18-28/h3-25H,1-2H3;1-25H. The van der Waals surface area contributed by atoms with Gasteiger partial charge in [-0.2, -0.15) is 0 Å². The van der Waals surface area contributed by atoms with E-state index in [1.165, 1.54) is 61.0 Å². The van der Waals surface area contributed by atoms with Crippen molar-refractivity contribution >= 4 is 114 Å². The summed E-state index contributed by atoms with van der Waals surface area (Å²) in [5.74, 6) is 3.62. The molecule has 0 atom stereocenters. The van der Waals surface area contributed by atoms with Gasteiger partial charge in [0.05, 0.1) is 0 Å². The van der Waals surface area contributed by atoms with E-state index in [0.717, 1.165) is 74.2 Å². The van der Waals surface area contributed by atoms with Crippen LogP contribution in [-0.4, -0.2) is 13.4 Å². The molecule has 388 valence electrons. The Morgan fingerprint density at radius 1 is 0.268 bits per heavy atom. The molecular weight excluding hydrogens is 998 g/mol. The zero-order valence-electron chi connectivity index (χ0n) is 45.5. The molecule has 0 saturated heterocycles. The minimum atomic E-state index is 0.0764. The second kappa shape index (κ2) is 20.3. The summed E-state index contributed by atoms with van der Waals surface area (Å²) < 4.78 is 13.5. The molecule has 8 heteroatoms. The monoisotopic (exact) mass is 1050 g/mol. The number of ether oxygens (including phenoxy) is 2. The van der Waals surface area contributed by atoms with E-state index >= 15 is 0 Å². The van der Waals surface area contributed by atoms with E-state index in [-0.39, 0.29) is 13.4 Å². The van der Waals surface area contributed by atoms with Gasteiger partial charge in [-0.25, -0.2) is 0 Å². The molecule has 0 bridgehead atoms. The number of hydrogen-bond donors (Lipinski definition) is 0. The van der Waals surface area contributed by atoms with E-state index in [9.17, 15) is 0 Å². The molecule has 0 unspecified atom stereocenters. The number of fused-ring (bicyclic) bond motifs is 8. The molecule has 4 aliphatic heterocycles. The third-order valence-electron chi connectivity index (χ3n) is 16.3. The van der Waals surface area contributed by atoms with Crippen LogP contribution in [0.2, 0.25) is 0 Å². The topological polar surface area (TPSA) is 31.4 Å². The zero-order valence-corrected chi connectivity index (χ0v) is 45.5. The van der Waals surface area contributed by atoms with Crippen LogP contribution < -0.4 is 61.9 Å². The van der Waals surface area contributed by atoms with E-state index < -0.39 is 0 Å². The summed E-state index contributed by atoms with van der Waals surface area (Å²) in [6.07, 6.45) is 0. The van der Waals surface area contributed by atoms with Gasteiger partial charge in [0.15, 0.2) is 0 Å². The molecule has 12 aromatic carbocycles. The maximum absolute atomic E-state index is 6.78. The smallest absolute Gasteiger partial charge is 0.256 e. The van der Waals surface area contributed by atoms with Gasteiger partial charge in [0.1, 0.15) is 23.0 Å². The molecular formula is C74H54B2N4O2. The van der Waals surface area contributed by atoms with E-state index in [1.54, 1.807) is 0 Å². The Labute approximate surface area is 480 Å². The third kappa shape index (κ3) is 8.38. The first kappa shape index (κ1) is 48.7. The highest BCUT2D eigenvalue weighted by molar-refractivity contribution is 7.00. The Morgan fingerprint density at radius 3 is 1.15 bits per heavy atom. The zero-order chi connectivity index (χ0) is 54.7. The summed E-state index contributed by atoms with van der Waals surface area (Å²) in [6, 6.07) is 103. The average Bonchev–Trinajstić information content (AvgIpc) is 3.55. The van der Waals surface area contributed by atoms with Crippen LogP contribution in [0, 0.1) is 13.8 Å². The summed E-state index contributed by atoms with van der Waals surface area (Å²) in [6.45, 7) is 4.47. The molecule has 0 spiro atoms. The van der Waals surface area contributed by atoms with Crippen molar-refractivity contribution in [3.63, 3.8) is 0 Å². The van der Waals surface area contributed by atoms with Gasteiger partial charge in [-0.15, -0.1) is 0 Å². The second-order valence-corrected chi connectivity index (χ2v) is 21.4. The van der Waals surface area contributed by atoms with Crippen LogP contribution in [0.3, 0.4) is 0 Å². The molecule has 0 N–H and O–H groups in total. The minimum Gasteiger partial charge on any atom is -0.458 e. The van der Waals surface area contributed by atoms with Crippen LogP contribution in [0.1, 0.15) is 11.1 Å². The molecule has 4 aliphatic rings. The molecule has 82 heavy (non-hydrogen) atoms. The van der Waals surface area contributed by atoms with Crippen LogP contribution in [0.5, 0.6) is 23.0 Å². The highest BCUT2D eigenvalue weighted by Gasteiger charge is 2.43. The number of para-hydroxylation sites is 6. The Morgan fingerprint density at radius 2 is 0.659 bits per heavy atom. The fourth-order valence-corrected chi connectivity index (χ4v) is 12.7. The lowest BCUT2D eigenvalue weighted by Gasteiger charge is -2.40. The fraction of sp³-hybridized carbons (Fsp3) is 0.0270. The Bertz CT molecular complexity index is 4260. The van der Waals surface area contributed by atoms with Crippen molar-refractivity contribution in [2.45, 2.75) is 13.8 Å². The van der Waals surface area contributed by atoms with Crippen LogP contribution >= 0.6 is 0 Å². The van der Waals surface area contributed by atoms with Gasteiger partial charge in [-0.05, 0) is 168 Å². The fourth-order valence-electron chi connectivity index (χ4n) is 12.7. The maximum Gasteiger partial charge on any atom is 0.256 e. The highest BCUT2D eigenvalue weighted by atomic mass is 16.5. The summed E-state index contributed by atoms with van der Waals surface area (Å²) >= 11 is 0. The van der Waals surface area contributed by atoms with Crippen molar-refractivity contribution in [2.75, 3.05) is 19.6 Å². The lowest BCUT2D eigenvalue weighted by Crippen LogP contribution is -2.59. The first-order valence-corrected chi connectivity index (χ1v) is 28.1. The Kier molecular flexibility index (Phi) is 12.1. The number of benzene rings is 12. The number of hydrogen-bond acceptors (Lipinski definition) is 6. The molecule has 4 heterocycles. The van der Waals surface area contributed by atoms with Gasteiger partial charge >= 0.3 is 0 Å². The van der Waals surface area contributed by atoms with E-state index in [1.807, 2.05) is 0 Å². The Balaban J connectivity index is 0.000000141. The molecule has 12 aromatic rings. The van der Waals surface area contributed by atoms with Crippen LogP contribution in [0.15, 0.2) is 291 Å². The van der Waals surface area contributed by atoms with Crippen LogP contribution in [0.4, 0.5) is 68.2 Å². The largest absolute Gasteiger partial charge is 0.458 e. The molecule has 6 nitrogen and oxygen atoms in total. The van der Waals surface area contributed by atoms with Gasteiger partial charge in [0.2, 0.25) is 0 Å². The van der Waals surface area contributed by atoms with Crippen LogP contribution in [-0.2, 0) is 0 Å². The summed E-state index contributed by atoms with van der Waals surface area (Å²) in [7, 11) is 0. The lowest BCUT2D eigenvalue weighted by molar-refractivity contribution is 0.487. The quantitative estimate of drug-likeness (QED) is 0.141. The molecule has 0 fully saturated rings. The maximum atomic E-state index is 6.78. The molecule has 0 amide bonds. The van der Waals surface area contributed by atoms with E-state index in [4.69, 9.17) is 9.47 Å². The van der Waals surface area contributed by atoms with Crippen molar-refractivity contribution in [1.82, 2.24) is 0 Å². The third-order valence-corrected chi connectivity index (χ3v) is 16.3. The number of rotatable bonds is 8. The van der Waals surface area contributed by atoms with Crippen LogP contribution in [0.25, 0.3) is 0 Å². The van der Waals surface area contributed by atoms with E-state index in [2.05, 4.69) is 325 Å². The first-order valence-electron chi connectivity index (χ1n) is 28.1. The van der Waals surface area contributed by atoms with Gasteiger partial charge in [-0.3, -0.25) is 0 Å². The molecule has 16 rings (SSSR count). The molecule has 0 aliphatic carbocycles. The summed E-state index contributed by atoms with van der Waals surface area (Å²) in [5.41, 5.74) is 23.5. The highest BCUT2D eigenvalue weighted by Crippen LogP contribution is 2.45. The predicted molar refractivity (Wildman–Crippen MR) is 343 cm³/mol. The molecule has 0 saturated carbocycles. The Hall–Kier alpha value is -10.4. The van der Waals surface area contributed by atoms with Gasteiger partial charge < -0.3 is 29.1 Å². The molecule has 0 aromatic heterocycles. The average molecular weight is 1050 g/mol. The predicted octanol–water partition coefficient (Wildman–Crippen LogP) is 15.7. The van der Waals surface area contributed by atoms with Gasteiger partial charge in [0, 0.05) is 80.4 Å². The van der Waals surface area contributed by atoms with Gasteiger partial charge in [-0.1, -0.05) is 169 Å². The minimum absolute atomic E-state index is 0.0764. The SMILES string of the molecule is Cc1ccc(N2c3ccc(C)cc3B3c4ccc(N(c5ccccc5)c5ccccc5)cc4Oc4cccc2c43)cc1.c1ccc(N(c2ccccc2)c2ccc3c(c2)Oc2cccc4c2B3c2ccccc2N4c2ccccc2)cc1. The molecule has 0 radical (unpaired) electrons. The normalized spacial score (nSPS) is 12.6. The van der Waals surface area contributed by atoms with Crippen molar-refractivity contribution in [3.05, 3.63) is 302 Å². The van der Waals surface area contributed by atoms with E-state index in [0.29, 0.717) is 0 Å². The number of anilines is 12. The number of nitrogens with zero attached hydrogens (tertiary/aromatic N) is 4. The van der Waals surface area contributed by atoms with Crippen molar-refractivity contribution in [1.29, 1.82) is 0 Å². The van der Waals surface area contributed by atoms with Crippen molar-refractivity contribution < 1.29 is 9.47 Å². The lowest BCUT2D eigenvalue weighted by atomic mass is 9.34. The number of aryl methyl sites for hydroxylation is 2. The van der Waals surface area contributed by atoms with Crippen molar-refractivity contribution in [2.24, 2.45) is 0 Å². The first-order chi connectivity index (χ1) is 40.5. The second-order valence-electron chi connectivity index (χ2n) is 21.4. The van der Waals surface area contributed by atoms with Gasteiger partial charge in [0.25, 0.3) is 13.4 Å². The summed E-state index contributed by atoms with van der Waals surface area (Å²) in [4.78, 5) is 9.31.